The minimum Gasteiger partial charge on any atom is -0.330 e. The highest BCUT2D eigenvalue weighted by Crippen LogP contribution is 2.22. The second-order valence-electron chi connectivity index (χ2n) is 5.10. The monoisotopic (exact) mass is 276 g/mol. The minimum atomic E-state index is -0.231. The Hall–Kier alpha value is -1.42. The Morgan fingerprint density at radius 1 is 1.32 bits per heavy atom. The van der Waals surface area contributed by atoms with Crippen LogP contribution in [0.5, 0.6) is 0 Å². The molecule has 1 heterocycles. The number of aromatic amines is 1. The van der Waals surface area contributed by atoms with Gasteiger partial charge >= 0.3 is 0 Å². The van der Waals surface area contributed by atoms with Crippen molar-refractivity contribution in [3.63, 3.8) is 0 Å². The van der Waals surface area contributed by atoms with Crippen molar-refractivity contribution in [1.82, 2.24) is 9.55 Å². The third kappa shape index (κ3) is 2.63. The number of H-pyrrole nitrogens is 1. The lowest BCUT2D eigenvalue weighted by molar-refractivity contribution is 0.626. The van der Waals surface area contributed by atoms with Gasteiger partial charge in [-0.1, -0.05) is 11.6 Å². The van der Waals surface area contributed by atoms with E-state index < -0.39 is 0 Å². The van der Waals surface area contributed by atoms with Crippen LogP contribution in [-0.2, 0) is 6.54 Å². The largest absolute Gasteiger partial charge is 0.330 e. The molecule has 4 heteroatoms. The van der Waals surface area contributed by atoms with Crippen molar-refractivity contribution in [2.45, 2.75) is 38.6 Å². The van der Waals surface area contributed by atoms with Crippen LogP contribution >= 0.6 is 12.2 Å². The molecule has 1 aromatic heterocycles. The van der Waals surface area contributed by atoms with Gasteiger partial charge in [0.2, 0.25) is 0 Å². The summed E-state index contributed by atoms with van der Waals surface area (Å²) in [7, 11) is 0. The molecule has 0 aliphatic heterocycles. The maximum Gasteiger partial charge on any atom is 0.178 e. The van der Waals surface area contributed by atoms with E-state index in [2.05, 4.69) is 15.6 Å². The number of halogens is 1. The lowest BCUT2D eigenvalue weighted by atomic mass is 9.97. The van der Waals surface area contributed by atoms with Gasteiger partial charge in [-0.2, -0.15) is 0 Å². The predicted octanol–water partition coefficient (Wildman–Crippen LogP) is 4.73. The van der Waals surface area contributed by atoms with E-state index in [4.69, 9.17) is 12.2 Å². The number of allylic oxidation sites excluding steroid dienone is 2. The molecule has 0 saturated heterocycles. The first-order valence-corrected chi connectivity index (χ1v) is 7.21. The Morgan fingerprint density at radius 2 is 2.21 bits per heavy atom. The summed E-state index contributed by atoms with van der Waals surface area (Å²) in [5.74, 6) is -0.231. The molecule has 100 valence electrons. The van der Waals surface area contributed by atoms with Crippen LogP contribution in [0.1, 0.15) is 32.1 Å². The first-order chi connectivity index (χ1) is 9.24. The quantitative estimate of drug-likeness (QED) is 0.635. The lowest BCUT2D eigenvalue weighted by Gasteiger charge is -2.13. The molecule has 1 aliphatic carbocycles. The number of hydrogen-bond donors (Lipinski definition) is 1. The summed E-state index contributed by atoms with van der Waals surface area (Å²) in [5.41, 5.74) is 3.30. The average molecular weight is 276 g/mol. The van der Waals surface area contributed by atoms with E-state index in [9.17, 15) is 4.39 Å². The van der Waals surface area contributed by atoms with Gasteiger partial charge in [0.25, 0.3) is 0 Å². The van der Waals surface area contributed by atoms with Crippen LogP contribution in [0.25, 0.3) is 11.0 Å². The molecule has 0 amide bonds. The zero-order chi connectivity index (χ0) is 13.2. The molecule has 0 spiro atoms. The smallest absolute Gasteiger partial charge is 0.178 e. The summed E-state index contributed by atoms with van der Waals surface area (Å²) in [4.78, 5) is 3.07. The molecule has 0 fully saturated rings. The van der Waals surface area contributed by atoms with Crippen molar-refractivity contribution in [2.24, 2.45) is 0 Å². The van der Waals surface area contributed by atoms with Gasteiger partial charge in [-0.15, -0.1) is 0 Å². The Morgan fingerprint density at radius 3 is 3.00 bits per heavy atom. The van der Waals surface area contributed by atoms with Crippen LogP contribution in [0, 0.1) is 10.6 Å². The third-order valence-corrected chi connectivity index (χ3v) is 4.10. The van der Waals surface area contributed by atoms with E-state index in [1.54, 1.807) is 6.07 Å². The van der Waals surface area contributed by atoms with Crippen molar-refractivity contribution in [3.8, 4) is 0 Å². The van der Waals surface area contributed by atoms with E-state index in [0.717, 1.165) is 24.0 Å². The van der Waals surface area contributed by atoms with Gasteiger partial charge in [0.15, 0.2) is 4.77 Å². The number of aromatic nitrogens is 2. The molecule has 2 aromatic rings. The van der Waals surface area contributed by atoms with E-state index in [-0.39, 0.29) is 5.82 Å². The number of nitrogens with zero attached hydrogens (tertiary/aromatic N) is 1. The molecule has 2 nitrogen and oxygen atoms in total. The zero-order valence-electron chi connectivity index (χ0n) is 10.8. The maximum absolute atomic E-state index is 13.2. The normalized spacial score (nSPS) is 15.7. The molecule has 0 saturated carbocycles. The first kappa shape index (κ1) is 12.6. The summed E-state index contributed by atoms with van der Waals surface area (Å²) >= 11 is 5.33. The molecule has 0 unspecified atom stereocenters. The van der Waals surface area contributed by atoms with E-state index >= 15 is 0 Å². The molecule has 3 rings (SSSR count). The van der Waals surface area contributed by atoms with Crippen LogP contribution in [0.3, 0.4) is 0 Å². The van der Waals surface area contributed by atoms with Crippen LogP contribution in [0.15, 0.2) is 29.8 Å². The second-order valence-corrected chi connectivity index (χ2v) is 5.49. The Balaban J connectivity index is 1.86. The molecule has 1 aromatic carbocycles. The Labute approximate surface area is 117 Å². The van der Waals surface area contributed by atoms with Gasteiger partial charge in [-0.25, -0.2) is 4.39 Å². The van der Waals surface area contributed by atoms with E-state index in [0.29, 0.717) is 4.77 Å². The van der Waals surface area contributed by atoms with E-state index in [1.807, 2.05) is 0 Å². The highest BCUT2D eigenvalue weighted by Gasteiger charge is 2.08. The molecular formula is C15H17FN2S. The number of nitrogens with one attached hydrogen (secondary N) is 1. The topological polar surface area (TPSA) is 20.7 Å². The standard InChI is InChI=1S/C15H17FN2S/c16-12-6-7-14-13(10-12)17-15(19)18(14)9-8-11-4-2-1-3-5-11/h4,6-7,10H,1-3,5,8-9H2,(H,17,19). The third-order valence-electron chi connectivity index (χ3n) is 3.78. The van der Waals surface area contributed by atoms with Crippen molar-refractivity contribution in [3.05, 3.63) is 40.4 Å². The predicted molar refractivity (Wildman–Crippen MR) is 78.2 cm³/mol. The molecule has 19 heavy (non-hydrogen) atoms. The maximum atomic E-state index is 13.2. The Bertz CT molecular complexity index is 681. The first-order valence-electron chi connectivity index (χ1n) is 6.80. The highest BCUT2D eigenvalue weighted by atomic mass is 32.1. The molecule has 0 bridgehead atoms. The SMILES string of the molecule is Fc1ccc2c(c1)[nH]c(=S)n2CCC1=CCCCC1. The number of rotatable bonds is 3. The Kier molecular flexibility index (Phi) is 3.51. The van der Waals surface area contributed by atoms with Gasteiger partial charge in [-0.05, 0) is 62.5 Å². The number of fused-ring (bicyclic) bond motifs is 1. The van der Waals surface area contributed by atoms with Gasteiger partial charge in [0.05, 0.1) is 11.0 Å². The second kappa shape index (κ2) is 5.29. The summed E-state index contributed by atoms with van der Waals surface area (Å²) in [6.45, 7) is 0.871. The minimum absolute atomic E-state index is 0.231. The number of benzene rings is 1. The summed E-state index contributed by atoms with van der Waals surface area (Å²) in [6.07, 6.45) is 8.44. The number of aryl methyl sites for hydroxylation is 1. The van der Waals surface area contributed by atoms with Gasteiger partial charge in [-0.3, -0.25) is 0 Å². The molecule has 1 aliphatic rings. The zero-order valence-corrected chi connectivity index (χ0v) is 11.6. The van der Waals surface area contributed by atoms with Crippen LogP contribution in [0.4, 0.5) is 4.39 Å². The highest BCUT2D eigenvalue weighted by molar-refractivity contribution is 7.71. The van der Waals surface area contributed by atoms with Gasteiger partial charge < -0.3 is 9.55 Å². The molecule has 0 atom stereocenters. The van der Waals surface area contributed by atoms with Crippen molar-refractivity contribution < 1.29 is 4.39 Å². The van der Waals surface area contributed by atoms with Crippen molar-refractivity contribution in [1.29, 1.82) is 0 Å². The van der Waals surface area contributed by atoms with Gasteiger partial charge in [0.1, 0.15) is 5.82 Å². The molecule has 1 N–H and O–H groups in total. The fourth-order valence-corrected chi connectivity index (χ4v) is 3.04. The molecule has 0 radical (unpaired) electrons. The summed E-state index contributed by atoms with van der Waals surface area (Å²) in [5, 5.41) is 0. The average Bonchev–Trinajstić information content (AvgIpc) is 2.72. The van der Waals surface area contributed by atoms with Crippen molar-refractivity contribution >= 4 is 23.3 Å². The van der Waals surface area contributed by atoms with E-state index in [1.165, 1.54) is 43.4 Å². The fourth-order valence-electron chi connectivity index (χ4n) is 2.74. The lowest BCUT2D eigenvalue weighted by Crippen LogP contribution is -2.01. The molecular weight excluding hydrogens is 259 g/mol. The van der Waals surface area contributed by atoms with Crippen LogP contribution < -0.4 is 0 Å². The summed E-state index contributed by atoms with van der Waals surface area (Å²) in [6, 6.07) is 4.79. The van der Waals surface area contributed by atoms with Gasteiger partial charge in [0, 0.05) is 6.54 Å². The number of hydrogen-bond acceptors (Lipinski definition) is 1. The van der Waals surface area contributed by atoms with Crippen molar-refractivity contribution in [2.75, 3.05) is 0 Å². The summed E-state index contributed by atoms with van der Waals surface area (Å²) < 4.78 is 15.9. The van der Waals surface area contributed by atoms with Crippen LogP contribution in [0.2, 0.25) is 0 Å². The number of imidazole rings is 1. The fraction of sp³-hybridized carbons (Fsp3) is 0.400. The van der Waals surface area contributed by atoms with Crippen LogP contribution in [-0.4, -0.2) is 9.55 Å².